The van der Waals surface area contributed by atoms with Gasteiger partial charge in [-0.25, -0.2) is 4.79 Å². The van der Waals surface area contributed by atoms with Crippen molar-refractivity contribution in [3.05, 3.63) is 35.4 Å². The van der Waals surface area contributed by atoms with Crippen LogP contribution in [0.1, 0.15) is 36.8 Å². The van der Waals surface area contributed by atoms with E-state index in [0.717, 1.165) is 32.2 Å². The van der Waals surface area contributed by atoms with E-state index in [4.69, 9.17) is 0 Å². The summed E-state index contributed by atoms with van der Waals surface area (Å²) in [4.78, 5) is 28.0. The van der Waals surface area contributed by atoms with Gasteiger partial charge in [-0.1, -0.05) is 24.3 Å². The van der Waals surface area contributed by atoms with Crippen molar-refractivity contribution < 1.29 is 9.59 Å². The fourth-order valence-corrected chi connectivity index (χ4v) is 3.88. The van der Waals surface area contributed by atoms with Crippen LogP contribution in [0.25, 0.3) is 0 Å². The number of urea groups is 1. The van der Waals surface area contributed by atoms with Gasteiger partial charge in [0.15, 0.2) is 0 Å². The Morgan fingerprint density at radius 1 is 1.20 bits per heavy atom. The lowest BCUT2D eigenvalue weighted by molar-refractivity contribution is -0.126. The number of hydrogen-bond donors (Lipinski definition) is 1. The minimum atomic E-state index is 0.0267. The van der Waals surface area contributed by atoms with Crippen molar-refractivity contribution in [2.45, 2.75) is 38.0 Å². The second-order valence-electron chi connectivity index (χ2n) is 7.75. The lowest BCUT2D eigenvalue weighted by atomic mass is 9.91. The number of piperidine rings is 1. The molecule has 0 radical (unpaired) electrons. The molecule has 5 nitrogen and oxygen atoms in total. The van der Waals surface area contributed by atoms with E-state index >= 15 is 0 Å². The van der Waals surface area contributed by atoms with Gasteiger partial charge in [0, 0.05) is 45.1 Å². The third-order valence-corrected chi connectivity index (χ3v) is 5.69. The predicted octanol–water partition coefficient (Wildman–Crippen LogP) is 2.54. The highest BCUT2D eigenvalue weighted by Gasteiger charge is 2.45. The number of benzene rings is 1. The molecule has 1 aromatic rings. The summed E-state index contributed by atoms with van der Waals surface area (Å²) in [5, 5.41) is 3.19. The van der Waals surface area contributed by atoms with Crippen molar-refractivity contribution in [3.63, 3.8) is 0 Å². The van der Waals surface area contributed by atoms with E-state index in [1.54, 1.807) is 19.0 Å². The van der Waals surface area contributed by atoms with Gasteiger partial charge in [-0.2, -0.15) is 0 Å². The molecule has 1 N–H and O–H groups in total. The Balaban J connectivity index is 1.51. The van der Waals surface area contributed by atoms with Crippen LogP contribution in [0.3, 0.4) is 0 Å². The molecule has 0 unspecified atom stereocenters. The lowest BCUT2D eigenvalue weighted by Gasteiger charge is -2.33. The standard InChI is InChI=1S/C20H29N3O2/c1-15-6-4-5-7-17(15)20(10-11-20)14-21-18(24)16-8-12-23(13-9-16)19(25)22(2)3/h4-7,16H,8-14H2,1-3H3,(H,21,24). The molecule has 1 aliphatic heterocycles. The largest absolute Gasteiger partial charge is 0.355 e. The van der Waals surface area contributed by atoms with E-state index in [1.807, 2.05) is 4.90 Å². The highest BCUT2D eigenvalue weighted by molar-refractivity contribution is 5.79. The van der Waals surface area contributed by atoms with Crippen molar-refractivity contribution in [1.82, 2.24) is 15.1 Å². The number of rotatable bonds is 4. The quantitative estimate of drug-likeness (QED) is 0.913. The first-order chi connectivity index (χ1) is 11.9. The fourth-order valence-electron chi connectivity index (χ4n) is 3.88. The van der Waals surface area contributed by atoms with E-state index in [9.17, 15) is 9.59 Å². The van der Waals surface area contributed by atoms with Crippen LogP contribution < -0.4 is 5.32 Å². The Bertz CT molecular complexity index is 644. The van der Waals surface area contributed by atoms with E-state index in [-0.39, 0.29) is 23.3 Å². The van der Waals surface area contributed by atoms with Crippen LogP contribution in [0.4, 0.5) is 4.79 Å². The van der Waals surface area contributed by atoms with Crippen LogP contribution in [-0.2, 0) is 10.2 Å². The van der Waals surface area contributed by atoms with Crippen molar-refractivity contribution in [2.75, 3.05) is 33.7 Å². The van der Waals surface area contributed by atoms with Gasteiger partial charge < -0.3 is 15.1 Å². The minimum absolute atomic E-state index is 0.0267. The molecule has 2 fully saturated rings. The zero-order valence-corrected chi connectivity index (χ0v) is 15.5. The molecule has 0 spiro atoms. The zero-order valence-electron chi connectivity index (χ0n) is 15.5. The monoisotopic (exact) mass is 343 g/mol. The van der Waals surface area contributed by atoms with Crippen LogP contribution in [0.2, 0.25) is 0 Å². The summed E-state index contributed by atoms with van der Waals surface area (Å²) in [6, 6.07) is 8.53. The van der Waals surface area contributed by atoms with Crippen LogP contribution in [0.5, 0.6) is 0 Å². The number of nitrogens with one attached hydrogen (secondary N) is 1. The molecule has 1 saturated heterocycles. The van der Waals surface area contributed by atoms with Gasteiger partial charge in [-0.3, -0.25) is 4.79 Å². The molecule has 2 aliphatic rings. The van der Waals surface area contributed by atoms with Crippen LogP contribution in [-0.4, -0.2) is 55.5 Å². The van der Waals surface area contributed by atoms with Gasteiger partial charge in [0.05, 0.1) is 0 Å². The molecular formula is C20H29N3O2. The highest BCUT2D eigenvalue weighted by Crippen LogP contribution is 2.48. The van der Waals surface area contributed by atoms with Gasteiger partial charge >= 0.3 is 6.03 Å². The Labute approximate surface area is 150 Å². The summed E-state index contributed by atoms with van der Waals surface area (Å²) in [6.45, 7) is 4.21. The Kier molecular flexibility index (Phi) is 5.02. The van der Waals surface area contributed by atoms with Gasteiger partial charge in [0.25, 0.3) is 0 Å². The van der Waals surface area contributed by atoms with Gasteiger partial charge in [-0.05, 0) is 43.7 Å². The lowest BCUT2D eigenvalue weighted by Crippen LogP contribution is -2.47. The minimum Gasteiger partial charge on any atom is -0.355 e. The summed E-state index contributed by atoms with van der Waals surface area (Å²) >= 11 is 0. The first-order valence-corrected chi connectivity index (χ1v) is 9.23. The van der Waals surface area contributed by atoms with Gasteiger partial charge in [0.1, 0.15) is 0 Å². The zero-order chi connectivity index (χ0) is 18.0. The Hall–Kier alpha value is -2.04. The maximum Gasteiger partial charge on any atom is 0.319 e. The van der Waals surface area contributed by atoms with E-state index in [0.29, 0.717) is 13.1 Å². The topological polar surface area (TPSA) is 52.7 Å². The molecule has 5 heteroatoms. The number of aryl methyl sites for hydroxylation is 1. The second kappa shape index (κ2) is 7.06. The molecule has 0 bridgehead atoms. The number of carbonyl (C=O) groups excluding carboxylic acids is 2. The van der Waals surface area contributed by atoms with Crippen molar-refractivity contribution >= 4 is 11.9 Å². The van der Waals surface area contributed by atoms with Crippen molar-refractivity contribution in [2.24, 2.45) is 5.92 Å². The number of amides is 3. The number of likely N-dealkylation sites (tertiary alicyclic amines) is 1. The summed E-state index contributed by atoms with van der Waals surface area (Å²) in [5.41, 5.74) is 2.83. The molecule has 136 valence electrons. The van der Waals surface area contributed by atoms with Gasteiger partial charge in [0.2, 0.25) is 5.91 Å². The molecule has 0 aromatic heterocycles. The summed E-state index contributed by atoms with van der Waals surface area (Å²) < 4.78 is 0. The van der Waals surface area contributed by atoms with Crippen molar-refractivity contribution in [3.8, 4) is 0 Å². The maximum absolute atomic E-state index is 12.6. The molecule has 3 rings (SSSR count). The molecule has 3 amide bonds. The van der Waals surface area contributed by atoms with Crippen molar-refractivity contribution in [1.29, 1.82) is 0 Å². The first kappa shape index (κ1) is 17.8. The molecule has 1 aromatic carbocycles. The van der Waals surface area contributed by atoms with Crippen LogP contribution in [0.15, 0.2) is 24.3 Å². The fraction of sp³-hybridized carbons (Fsp3) is 0.600. The molecule has 25 heavy (non-hydrogen) atoms. The van der Waals surface area contributed by atoms with Crippen LogP contribution >= 0.6 is 0 Å². The number of hydrogen-bond acceptors (Lipinski definition) is 2. The highest BCUT2D eigenvalue weighted by atomic mass is 16.2. The maximum atomic E-state index is 12.6. The first-order valence-electron chi connectivity index (χ1n) is 9.23. The molecular weight excluding hydrogens is 314 g/mol. The average molecular weight is 343 g/mol. The summed E-state index contributed by atoms with van der Waals surface area (Å²) in [7, 11) is 3.53. The van der Waals surface area contributed by atoms with Crippen LogP contribution in [0, 0.1) is 12.8 Å². The average Bonchev–Trinajstić information content (AvgIpc) is 3.40. The van der Waals surface area contributed by atoms with E-state index in [1.165, 1.54) is 11.1 Å². The predicted molar refractivity (Wildman–Crippen MR) is 98.5 cm³/mol. The SMILES string of the molecule is Cc1ccccc1C1(CNC(=O)C2CCN(C(=O)N(C)C)CC2)CC1. The molecule has 1 heterocycles. The molecule has 0 atom stereocenters. The summed E-state index contributed by atoms with van der Waals surface area (Å²) in [6.07, 6.45) is 3.80. The smallest absolute Gasteiger partial charge is 0.319 e. The molecule has 1 aliphatic carbocycles. The third kappa shape index (κ3) is 3.80. The third-order valence-electron chi connectivity index (χ3n) is 5.69. The normalized spacial score (nSPS) is 19.4. The van der Waals surface area contributed by atoms with E-state index in [2.05, 4.69) is 36.5 Å². The van der Waals surface area contributed by atoms with E-state index < -0.39 is 0 Å². The van der Waals surface area contributed by atoms with Gasteiger partial charge in [-0.15, -0.1) is 0 Å². The molecule has 1 saturated carbocycles. The number of nitrogens with zero attached hydrogens (tertiary/aromatic N) is 2. The second-order valence-corrected chi connectivity index (χ2v) is 7.75. The Morgan fingerprint density at radius 3 is 2.40 bits per heavy atom. The summed E-state index contributed by atoms with van der Waals surface area (Å²) in [5.74, 6) is 0.177. The Morgan fingerprint density at radius 2 is 1.84 bits per heavy atom. The number of carbonyl (C=O) groups is 2.